The van der Waals surface area contributed by atoms with Crippen LogP contribution in [0.25, 0.3) is 22.5 Å². The molecular formula is C27H25N5O6S2. The van der Waals surface area contributed by atoms with Gasteiger partial charge in [-0.05, 0) is 72.8 Å². The number of thioether (sulfide) groups is 1. The van der Waals surface area contributed by atoms with Crippen LogP contribution in [0.4, 0.5) is 5.69 Å². The maximum absolute atomic E-state index is 12.6. The second-order valence-corrected chi connectivity index (χ2v) is 10.9. The number of nitrogens with zero attached hydrogens (tertiary/aromatic N) is 3. The highest BCUT2D eigenvalue weighted by Crippen LogP contribution is 2.32. The van der Waals surface area contributed by atoms with Crippen LogP contribution in [0, 0.1) is 0 Å². The first-order chi connectivity index (χ1) is 19.2. The number of ether oxygens (including phenoxy) is 2. The Morgan fingerprint density at radius 1 is 0.800 bits per heavy atom. The van der Waals surface area contributed by atoms with Crippen molar-refractivity contribution in [2.24, 2.45) is 0 Å². The highest BCUT2D eigenvalue weighted by molar-refractivity contribution is 7.99. The summed E-state index contributed by atoms with van der Waals surface area (Å²) in [6.07, 6.45) is 0. The quantitative estimate of drug-likeness (QED) is 0.266. The lowest BCUT2D eigenvalue weighted by Crippen LogP contribution is -2.28. The molecule has 0 unspecified atom stereocenters. The van der Waals surface area contributed by atoms with E-state index in [2.05, 4.69) is 15.5 Å². The molecule has 0 atom stereocenters. The Labute approximate surface area is 235 Å². The van der Waals surface area contributed by atoms with Crippen LogP contribution in [0.2, 0.25) is 0 Å². The highest BCUT2D eigenvalue weighted by Gasteiger charge is 2.17. The molecule has 11 nitrogen and oxygen atoms in total. The third-order valence-electron chi connectivity index (χ3n) is 5.45. The maximum atomic E-state index is 12.6. The third kappa shape index (κ3) is 7.12. The zero-order valence-corrected chi connectivity index (χ0v) is 23.4. The Bertz CT molecular complexity index is 1610. The van der Waals surface area contributed by atoms with Crippen LogP contribution in [0.15, 0.2) is 82.8 Å². The van der Waals surface area contributed by atoms with Crippen LogP contribution in [0.3, 0.4) is 0 Å². The molecule has 0 saturated carbocycles. The highest BCUT2D eigenvalue weighted by atomic mass is 32.2. The van der Waals surface area contributed by atoms with E-state index >= 15 is 0 Å². The van der Waals surface area contributed by atoms with Gasteiger partial charge >= 0.3 is 0 Å². The Hall–Kier alpha value is -4.49. The largest absolute Gasteiger partial charge is 0.497 e. The molecule has 4 rings (SSSR count). The van der Waals surface area contributed by atoms with E-state index in [-0.39, 0.29) is 16.6 Å². The fourth-order valence-electron chi connectivity index (χ4n) is 3.56. The van der Waals surface area contributed by atoms with Crippen LogP contribution in [-0.4, -0.2) is 55.4 Å². The molecule has 206 valence electrons. The van der Waals surface area contributed by atoms with E-state index in [1.807, 2.05) is 53.3 Å². The lowest BCUT2D eigenvalue weighted by Gasteiger charge is -2.11. The molecule has 1 aromatic heterocycles. The minimum atomic E-state index is -3.96. The number of carbonyl (C=O) groups excluding carboxylic acids is 2. The smallest absolute Gasteiger partial charge is 0.264 e. The number of amides is 2. The van der Waals surface area contributed by atoms with Gasteiger partial charge in [-0.25, -0.2) is 18.1 Å². The average Bonchev–Trinajstić information content (AvgIpc) is 2.96. The molecular weight excluding hydrogens is 554 g/mol. The monoisotopic (exact) mass is 579 g/mol. The Morgan fingerprint density at radius 2 is 1.35 bits per heavy atom. The number of methoxy groups -OCH3 is 2. The van der Waals surface area contributed by atoms with Crippen molar-refractivity contribution < 1.29 is 27.5 Å². The van der Waals surface area contributed by atoms with Gasteiger partial charge in [-0.1, -0.05) is 11.8 Å². The number of rotatable bonds is 10. The van der Waals surface area contributed by atoms with E-state index in [4.69, 9.17) is 14.5 Å². The number of hydrogen-bond donors (Lipinski definition) is 2. The van der Waals surface area contributed by atoms with E-state index in [9.17, 15) is 18.0 Å². The fraction of sp³-hybridized carbons (Fsp3) is 0.148. The Morgan fingerprint density at radius 3 is 1.88 bits per heavy atom. The topological polar surface area (TPSA) is 149 Å². The summed E-state index contributed by atoms with van der Waals surface area (Å²) in [4.78, 5) is 28.3. The predicted octanol–water partition coefficient (Wildman–Crippen LogP) is 3.78. The average molecular weight is 580 g/mol. The van der Waals surface area contributed by atoms with E-state index in [1.165, 1.54) is 24.3 Å². The molecule has 2 amide bonds. The molecule has 0 aliphatic rings. The Balaban J connectivity index is 1.50. The minimum Gasteiger partial charge on any atom is -0.497 e. The number of nitrogens with one attached hydrogen (secondary N) is 2. The molecule has 13 heteroatoms. The van der Waals surface area contributed by atoms with Crippen molar-refractivity contribution in [1.82, 2.24) is 19.9 Å². The SMILES string of the molecule is COc1ccc(-c2nnc(SCC(=O)Nc3ccc(S(=O)(=O)NC(C)=O)cc3)nc2-c2ccc(OC)cc2)cc1. The molecule has 0 fully saturated rings. The van der Waals surface area contributed by atoms with Crippen LogP contribution < -0.4 is 19.5 Å². The zero-order chi connectivity index (χ0) is 28.7. The number of carbonyl (C=O) groups is 2. The van der Waals surface area contributed by atoms with Gasteiger partial charge in [0.15, 0.2) is 0 Å². The van der Waals surface area contributed by atoms with Gasteiger partial charge in [0, 0.05) is 23.7 Å². The maximum Gasteiger partial charge on any atom is 0.264 e. The number of sulfonamides is 1. The molecule has 0 radical (unpaired) electrons. The summed E-state index contributed by atoms with van der Waals surface area (Å²) in [6.45, 7) is 1.11. The van der Waals surface area contributed by atoms with Crippen molar-refractivity contribution in [2.45, 2.75) is 17.0 Å². The molecule has 40 heavy (non-hydrogen) atoms. The van der Waals surface area contributed by atoms with E-state index in [0.717, 1.165) is 29.8 Å². The van der Waals surface area contributed by atoms with Gasteiger partial charge in [0.25, 0.3) is 10.0 Å². The molecule has 0 aliphatic carbocycles. The van der Waals surface area contributed by atoms with Crippen LogP contribution in [0.1, 0.15) is 6.92 Å². The van der Waals surface area contributed by atoms with Gasteiger partial charge in [0.1, 0.15) is 22.9 Å². The summed E-state index contributed by atoms with van der Waals surface area (Å²) in [6, 6.07) is 20.2. The summed E-state index contributed by atoms with van der Waals surface area (Å²) in [5, 5.41) is 11.6. The van der Waals surface area contributed by atoms with Crippen molar-refractivity contribution in [2.75, 3.05) is 25.3 Å². The molecule has 2 N–H and O–H groups in total. The standard InChI is InChI=1S/C27H25N5O6S2/c1-17(33)32-40(35,36)23-14-8-20(9-15-23)28-24(34)16-39-27-29-25(18-4-10-21(37-2)11-5-18)26(30-31-27)19-6-12-22(38-3)13-7-19/h4-15H,16H2,1-3H3,(H,28,34)(H,32,33). The fourth-order valence-corrected chi connectivity index (χ4v) is 5.14. The minimum absolute atomic E-state index is 0.0163. The molecule has 4 aromatic rings. The summed E-state index contributed by atoms with van der Waals surface area (Å²) < 4.78 is 36.6. The predicted molar refractivity (Wildman–Crippen MR) is 151 cm³/mol. The molecule has 0 bridgehead atoms. The number of benzene rings is 3. The zero-order valence-electron chi connectivity index (χ0n) is 21.7. The number of aromatic nitrogens is 3. The van der Waals surface area contributed by atoms with Crippen molar-refractivity contribution >= 4 is 39.3 Å². The van der Waals surface area contributed by atoms with Crippen LogP contribution in [0.5, 0.6) is 11.5 Å². The van der Waals surface area contributed by atoms with Gasteiger partial charge in [0.05, 0.1) is 24.9 Å². The first-order valence-electron chi connectivity index (χ1n) is 11.8. The van der Waals surface area contributed by atoms with Crippen molar-refractivity contribution in [3.63, 3.8) is 0 Å². The first kappa shape index (κ1) is 28.5. The van der Waals surface area contributed by atoms with Gasteiger partial charge in [-0.15, -0.1) is 10.2 Å². The summed E-state index contributed by atoms with van der Waals surface area (Å²) in [5.74, 6) is 0.341. The molecule has 0 spiro atoms. The van der Waals surface area contributed by atoms with E-state index in [1.54, 1.807) is 14.2 Å². The Kier molecular flexibility index (Phi) is 8.97. The third-order valence-corrected chi connectivity index (χ3v) is 7.74. The lowest BCUT2D eigenvalue weighted by molar-refractivity contribution is -0.117. The lowest BCUT2D eigenvalue weighted by atomic mass is 10.0. The first-order valence-corrected chi connectivity index (χ1v) is 14.2. The van der Waals surface area contributed by atoms with Crippen LogP contribution in [-0.2, 0) is 19.6 Å². The van der Waals surface area contributed by atoms with Crippen LogP contribution >= 0.6 is 11.8 Å². The van der Waals surface area contributed by atoms with Crippen molar-refractivity contribution in [1.29, 1.82) is 0 Å². The van der Waals surface area contributed by atoms with E-state index in [0.29, 0.717) is 33.7 Å². The van der Waals surface area contributed by atoms with Gasteiger partial charge < -0.3 is 14.8 Å². The molecule has 0 saturated heterocycles. The van der Waals surface area contributed by atoms with E-state index < -0.39 is 15.9 Å². The van der Waals surface area contributed by atoms with Gasteiger partial charge in [-0.2, -0.15) is 0 Å². The second-order valence-electron chi connectivity index (χ2n) is 8.27. The number of hydrogen-bond acceptors (Lipinski definition) is 10. The molecule has 3 aromatic carbocycles. The normalized spacial score (nSPS) is 11.0. The van der Waals surface area contributed by atoms with Gasteiger partial charge in [-0.3, -0.25) is 9.59 Å². The molecule has 0 aliphatic heterocycles. The summed E-state index contributed by atoms with van der Waals surface area (Å²) >= 11 is 1.10. The summed E-state index contributed by atoms with van der Waals surface area (Å²) in [5.41, 5.74) is 3.13. The molecule has 1 heterocycles. The summed E-state index contributed by atoms with van der Waals surface area (Å²) in [7, 11) is -0.781. The van der Waals surface area contributed by atoms with Crippen molar-refractivity contribution in [3.8, 4) is 34.0 Å². The van der Waals surface area contributed by atoms with Crippen molar-refractivity contribution in [3.05, 3.63) is 72.8 Å². The van der Waals surface area contributed by atoms with Gasteiger partial charge in [0.2, 0.25) is 17.0 Å². The number of anilines is 1. The second kappa shape index (κ2) is 12.6.